The topological polar surface area (TPSA) is 107 Å². The molecule has 8 heteroatoms. The van der Waals surface area contributed by atoms with Crippen LogP contribution in [0.1, 0.15) is 0 Å². The molecule has 8 nitrogen and oxygen atoms in total. The van der Waals surface area contributed by atoms with Crippen molar-refractivity contribution in [1.82, 2.24) is 30.1 Å². The van der Waals surface area contributed by atoms with Crippen LogP contribution in [0.3, 0.4) is 0 Å². The average molecular weight is 509 g/mol. The summed E-state index contributed by atoms with van der Waals surface area (Å²) in [5, 5.41) is 7.55. The lowest BCUT2D eigenvalue weighted by Crippen LogP contribution is -1.88. The number of rotatable bonds is 6. The van der Waals surface area contributed by atoms with Gasteiger partial charge in [-0.3, -0.25) is 5.10 Å². The van der Waals surface area contributed by atoms with Gasteiger partial charge >= 0.3 is 0 Å². The normalized spacial score (nSPS) is 11.1. The van der Waals surface area contributed by atoms with Gasteiger partial charge < -0.3 is 8.83 Å². The van der Waals surface area contributed by atoms with E-state index in [2.05, 4.69) is 20.2 Å². The molecule has 0 bridgehead atoms. The molecule has 2 aromatic carbocycles. The van der Waals surface area contributed by atoms with E-state index in [1.165, 1.54) is 0 Å². The van der Waals surface area contributed by atoms with Gasteiger partial charge in [0.15, 0.2) is 0 Å². The van der Waals surface area contributed by atoms with Crippen molar-refractivity contribution in [2.24, 2.45) is 0 Å². The Balaban J connectivity index is 1.15. The van der Waals surface area contributed by atoms with Crippen molar-refractivity contribution in [2.75, 3.05) is 0 Å². The van der Waals surface area contributed by atoms with E-state index < -0.39 is 0 Å². The minimum atomic E-state index is 0.446. The third-order valence-corrected chi connectivity index (χ3v) is 6.20. The van der Waals surface area contributed by atoms with Gasteiger partial charge in [-0.05, 0) is 30.3 Å². The second-order valence-electron chi connectivity index (χ2n) is 8.79. The van der Waals surface area contributed by atoms with Gasteiger partial charge in [-0.2, -0.15) is 5.10 Å². The van der Waals surface area contributed by atoms with Gasteiger partial charge in [-0.15, -0.1) is 0 Å². The van der Waals surface area contributed by atoms with Gasteiger partial charge in [0.1, 0.15) is 41.0 Å². The molecule has 5 aromatic heterocycles. The van der Waals surface area contributed by atoms with Crippen LogP contribution in [-0.2, 0) is 0 Å². The maximum Gasteiger partial charge on any atom is 0.245 e. The predicted octanol–water partition coefficient (Wildman–Crippen LogP) is 7.18. The lowest BCUT2D eigenvalue weighted by Gasteiger charge is -2.00. The highest BCUT2D eigenvalue weighted by molar-refractivity contribution is 5.68. The smallest absolute Gasteiger partial charge is 0.245 e. The molecule has 5 heterocycles. The minimum Gasteiger partial charge on any atom is -0.443 e. The van der Waals surface area contributed by atoms with Gasteiger partial charge in [-0.1, -0.05) is 72.8 Å². The van der Waals surface area contributed by atoms with E-state index in [0.29, 0.717) is 40.3 Å². The molecule has 1 N–H and O–H groups in total. The fraction of sp³-hybridized carbons (Fsp3) is 0. The van der Waals surface area contributed by atoms with E-state index in [0.717, 1.165) is 28.2 Å². The first-order valence-corrected chi connectivity index (χ1v) is 12.3. The lowest BCUT2D eigenvalue weighted by atomic mass is 10.2. The summed E-state index contributed by atoms with van der Waals surface area (Å²) >= 11 is 0. The molecule has 0 aliphatic heterocycles. The Bertz CT molecular complexity index is 1740. The molecule has 0 aliphatic carbocycles. The molecule has 0 spiro atoms. The summed E-state index contributed by atoms with van der Waals surface area (Å²) in [5.41, 5.74) is 7.55. The summed E-state index contributed by atoms with van der Waals surface area (Å²) in [5.74, 6) is 0.896. The predicted molar refractivity (Wildman–Crippen MR) is 147 cm³/mol. The first-order valence-electron chi connectivity index (χ1n) is 12.3. The monoisotopic (exact) mass is 508 g/mol. The third-order valence-electron chi connectivity index (χ3n) is 6.20. The van der Waals surface area contributed by atoms with Crippen LogP contribution >= 0.6 is 0 Å². The van der Waals surface area contributed by atoms with Gasteiger partial charge in [-0.25, -0.2) is 19.9 Å². The number of oxazole rings is 2. The molecule has 0 saturated heterocycles. The first-order chi connectivity index (χ1) is 19.3. The Labute approximate surface area is 223 Å². The van der Waals surface area contributed by atoms with Gasteiger partial charge in [0.25, 0.3) is 0 Å². The molecule has 7 rings (SSSR count). The number of nitrogens with one attached hydrogen (secondary N) is 1. The van der Waals surface area contributed by atoms with Crippen LogP contribution in [0.25, 0.3) is 68.5 Å². The van der Waals surface area contributed by atoms with Crippen molar-refractivity contribution in [3.8, 4) is 68.5 Å². The second-order valence-corrected chi connectivity index (χ2v) is 8.79. The van der Waals surface area contributed by atoms with E-state index in [-0.39, 0.29) is 0 Å². The molecule has 0 aliphatic rings. The molecule has 186 valence electrons. The number of H-pyrrole nitrogens is 1. The highest BCUT2D eigenvalue weighted by atomic mass is 16.3. The van der Waals surface area contributed by atoms with Crippen molar-refractivity contribution in [2.45, 2.75) is 0 Å². The lowest BCUT2D eigenvalue weighted by molar-refractivity contribution is 0.572. The Morgan fingerprint density at radius 3 is 1.54 bits per heavy atom. The molecule has 0 atom stereocenters. The van der Waals surface area contributed by atoms with Crippen LogP contribution in [-0.4, -0.2) is 30.1 Å². The average Bonchev–Trinajstić information content (AvgIpc) is 3.80. The Morgan fingerprint density at radius 2 is 0.949 bits per heavy atom. The largest absolute Gasteiger partial charge is 0.443 e. The van der Waals surface area contributed by atoms with E-state index in [9.17, 15) is 0 Å². The number of hydrogen-bond acceptors (Lipinski definition) is 7. The number of aromatic amines is 1. The fourth-order valence-corrected chi connectivity index (χ4v) is 4.25. The SMILES string of the molecule is c1ccc(-c2coc(-c3cccc(-c4cc(-c5cccc(-c6nc(-c7ccccc7)co6)n5)[nH]n4)n3)n2)cc1. The summed E-state index contributed by atoms with van der Waals surface area (Å²) in [7, 11) is 0. The van der Waals surface area contributed by atoms with Crippen LogP contribution < -0.4 is 0 Å². The van der Waals surface area contributed by atoms with Crippen molar-refractivity contribution in [1.29, 1.82) is 0 Å². The first kappa shape index (κ1) is 22.6. The van der Waals surface area contributed by atoms with Crippen molar-refractivity contribution >= 4 is 0 Å². The van der Waals surface area contributed by atoms with Crippen LogP contribution in [0.15, 0.2) is 124 Å². The number of nitrogens with zero attached hydrogens (tertiary/aromatic N) is 5. The van der Waals surface area contributed by atoms with E-state index in [4.69, 9.17) is 18.8 Å². The van der Waals surface area contributed by atoms with E-state index in [1.54, 1.807) is 12.5 Å². The van der Waals surface area contributed by atoms with Crippen molar-refractivity contribution in [3.63, 3.8) is 0 Å². The van der Waals surface area contributed by atoms with E-state index >= 15 is 0 Å². The molecule has 0 unspecified atom stereocenters. The maximum absolute atomic E-state index is 5.73. The minimum absolute atomic E-state index is 0.446. The number of hydrogen-bond donors (Lipinski definition) is 1. The zero-order chi connectivity index (χ0) is 26.0. The zero-order valence-corrected chi connectivity index (χ0v) is 20.5. The van der Waals surface area contributed by atoms with Crippen LogP contribution in [0, 0.1) is 0 Å². The standard InChI is InChI=1S/C31H20N6O2/c1-3-9-20(10-4-1)28-18-38-30(34-28)24-15-7-13-22(32-24)26-17-27(37-36-26)23-14-8-16-25(33-23)31-35-29(19-39-31)21-11-5-2-6-12-21/h1-19H,(H,36,37). The Hall–Kier alpha value is -5.63. The fourth-order valence-electron chi connectivity index (χ4n) is 4.25. The number of benzene rings is 2. The summed E-state index contributed by atoms with van der Waals surface area (Å²) in [6, 6.07) is 33.0. The van der Waals surface area contributed by atoms with Crippen molar-refractivity contribution < 1.29 is 8.83 Å². The van der Waals surface area contributed by atoms with Crippen LogP contribution in [0.2, 0.25) is 0 Å². The van der Waals surface area contributed by atoms with Crippen LogP contribution in [0.4, 0.5) is 0 Å². The maximum atomic E-state index is 5.73. The molecular weight excluding hydrogens is 488 g/mol. The second kappa shape index (κ2) is 9.68. The molecule has 7 aromatic rings. The Kier molecular flexibility index (Phi) is 5.60. The van der Waals surface area contributed by atoms with Gasteiger partial charge in [0.05, 0.1) is 17.1 Å². The molecule has 0 saturated carbocycles. The van der Waals surface area contributed by atoms with E-state index in [1.807, 2.05) is 103 Å². The van der Waals surface area contributed by atoms with Gasteiger partial charge in [0, 0.05) is 11.1 Å². The number of aromatic nitrogens is 6. The molecule has 39 heavy (non-hydrogen) atoms. The Morgan fingerprint density at radius 1 is 0.436 bits per heavy atom. The molecule has 0 fully saturated rings. The summed E-state index contributed by atoms with van der Waals surface area (Å²) in [6.07, 6.45) is 3.28. The number of pyridine rings is 2. The summed E-state index contributed by atoms with van der Waals surface area (Å²) < 4.78 is 11.5. The highest BCUT2D eigenvalue weighted by Gasteiger charge is 2.15. The molecule has 0 amide bonds. The van der Waals surface area contributed by atoms with Crippen LogP contribution in [0.5, 0.6) is 0 Å². The summed E-state index contributed by atoms with van der Waals surface area (Å²) in [4.78, 5) is 18.7. The third kappa shape index (κ3) is 4.51. The van der Waals surface area contributed by atoms with Gasteiger partial charge in [0.2, 0.25) is 11.8 Å². The zero-order valence-electron chi connectivity index (χ0n) is 20.5. The quantitative estimate of drug-likeness (QED) is 0.254. The molecule has 0 radical (unpaired) electrons. The summed E-state index contributed by atoms with van der Waals surface area (Å²) in [6.45, 7) is 0. The highest BCUT2D eigenvalue weighted by Crippen LogP contribution is 2.28. The van der Waals surface area contributed by atoms with Crippen molar-refractivity contribution in [3.05, 3.63) is 116 Å². The molecular formula is C31H20N6O2.